The molecule has 0 bridgehead atoms. The van der Waals surface area contributed by atoms with Crippen LogP contribution in [0.2, 0.25) is 0 Å². The lowest BCUT2D eigenvalue weighted by atomic mass is 10.1. The number of nitrogens with zero attached hydrogens (tertiary/aromatic N) is 4. The number of likely N-dealkylation sites (tertiary alicyclic amines) is 1. The normalized spacial score (nSPS) is 26.7. The van der Waals surface area contributed by atoms with Crippen LogP contribution in [-0.4, -0.2) is 52.5 Å². The van der Waals surface area contributed by atoms with Crippen molar-refractivity contribution in [3.63, 3.8) is 0 Å². The number of aryl methyl sites for hydroxylation is 1. The molecule has 128 valence electrons. The Morgan fingerprint density at radius 3 is 2.67 bits per heavy atom. The molecule has 0 N–H and O–H groups in total. The number of rotatable bonds is 4. The van der Waals surface area contributed by atoms with Crippen molar-refractivity contribution < 1.29 is 8.42 Å². The number of aromatic nitrogens is 2. The van der Waals surface area contributed by atoms with E-state index in [0.29, 0.717) is 19.6 Å². The summed E-state index contributed by atoms with van der Waals surface area (Å²) in [6, 6.07) is 3.97. The zero-order valence-corrected chi connectivity index (χ0v) is 15.1. The van der Waals surface area contributed by atoms with Gasteiger partial charge in [0.05, 0.1) is 22.5 Å². The second kappa shape index (κ2) is 6.18. The van der Waals surface area contributed by atoms with Crippen LogP contribution in [0.3, 0.4) is 0 Å². The molecular weight excluding hydrogens is 344 g/mol. The van der Waals surface area contributed by atoms with Gasteiger partial charge in [-0.3, -0.25) is 9.88 Å². The van der Waals surface area contributed by atoms with Gasteiger partial charge >= 0.3 is 0 Å². The molecule has 2 aromatic rings. The molecule has 2 saturated heterocycles. The van der Waals surface area contributed by atoms with Crippen LogP contribution < -0.4 is 0 Å². The van der Waals surface area contributed by atoms with Crippen molar-refractivity contribution in [2.24, 2.45) is 5.92 Å². The van der Waals surface area contributed by atoms with Gasteiger partial charge in [0.25, 0.3) is 0 Å². The molecule has 2 aromatic heterocycles. The van der Waals surface area contributed by atoms with Crippen LogP contribution in [0.25, 0.3) is 0 Å². The molecule has 0 unspecified atom stereocenters. The third-order valence-corrected chi connectivity index (χ3v) is 7.92. The van der Waals surface area contributed by atoms with E-state index >= 15 is 0 Å². The van der Waals surface area contributed by atoms with Gasteiger partial charge in [-0.2, -0.15) is 4.31 Å². The zero-order chi connectivity index (χ0) is 16.7. The van der Waals surface area contributed by atoms with Gasteiger partial charge in [0, 0.05) is 49.9 Å². The Morgan fingerprint density at radius 2 is 2.00 bits per heavy atom. The standard InChI is InChI=1S/C16H20N4O2S2/c1-12-18-15(11-23-12)9-20-8-14-7-19(10-16(14)24(20,21)22)6-13-2-4-17-5-3-13/h2-5,11,14,16H,6-10H2,1H3/t14-,16+/m1/s1. The van der Waals surface area contributed by atoms with Crippen LogP contribution in [-0.2, 0) is 23.1 Å². The van der Waals surface area contributed by atoms with E-state index in [1.807, 2.05) is 24.4 Å². The van der Waals surface area contributed by atoms with Crippen molar-refractivity contribution >= 4 is 21.4 Å². The zero-order valence-electron chi connectivity index (χ0n) is 13.5. The molecule has 2 aliphatic rings. The molecule has 0 saturated carbocycles. The molecule has 2 atom stereocenters. The lowest BCUT2D eigenvalue weighted by Gasteiger charge is -2.20. The topological polar surface area (TPSA) is 66.4 Å². The first-order valence-electron chi connectivity index (χ1n) is 8.03. The SMILES string of the molecule is Cc1nc(CN2C[C@H]3CN(Cc4ccncc4)C[C@@H]3S2(=O)=O)cs1. The van der Waals surface area contributed by atoms with E-state index in [9.17, 15) is 8.42 Å². The molecule has 6 nitrogen and oxygen atoms in total. The first-order chi connectivity index (χ1) is 11.5. The minimum Gasteiger partial charge on any atom is -0.297 e. The summed E-state index contributed by atoms with van der Waals surface area (Å²) < 4.78 is 27.3. The number of hydrogen-bond donors (Lipinski definition) is 0. The van der Waals surface area contributed by atoms with Crippen LogP contribution in [0.15, 0.2) is 29.9 Å². The van der Waals surface area contributed by atoms with Gasteiger partial charge in [0.15, 0.2) is 0 Å². The molecular formula is C16H20N4O2S2. The molecule has 0 radical (unpaired) electrons. The highest BCUT2D eigenvalue weighted by molar-refractivity contribution is 7.90. The average Bonchev–Trinajstić information content (AvgIpc) is 3.19. The number of fused-ring (bicyclic) bond motifs is 1. The number of pyridine rings is 1. The second-order valence-corrected chi connectivity index (χ2v) is 9.76. The Balaban J connectivity index is 1.44. The summed E-state index contributed by atoms with van der Waals surface area (Å²) in [6.45, 7) is 5.19. The molecule has 0 aliphatic carbocycles. The molecule has 2 aliphatic heterocycles. The monoisotopic (exact) mass is 364 g/mol. The summed E-state index contributed by atoms with van der Waals surface area (Å²) >= 11 is 1.56. The van der Waals surface area contributed by atoms with E-state index < -0.39 is 10.0 Å². The fourth-order valence-corrected chi connectivity index (χ4v) is 6.44. The van der Waals surface area contributed by atoms with Gasteiger partial charge in [0.1, 0.15) is 0 Å². The molecule has 0 aromatic carbocycles. The van der Waals surface area contributed by atoms with Gasteiger partial charge in [-0.05, 0) is 24.6 Å². The predicted molar refractivity (Wildman–Crippen MR) is 93.0 cm³/mol. The van der Waals surface area contributed by atoms with Crippen LogP contribution in [0.4, 0.5) is 0 Å². The summed E-state index contributed by atoms with van der Waals surface area (Å²) in [4.78, 5) is 10.7. The molecule has 2 fully saturated rings. The Labute approximate surface area is 146 Å². The van der Waals surface area contributed by atoms with Crippen LogP contribution in [0.5, 0.6) is 0 Å². The van der Waals surface area contributed by atoms with Crippen molar-refractivity contribution in [3.8, 4) is 0 Å². The van der Waals surface area contributed by atoms with E-state index in [1.54, 1.807) is 28.0 Å². The van der Waals surface area contributed by atoms with Crippen molar-refractivity contribution in [1.82, 2.24) is 19.2 Å². The van der Waals surface area contributed by atoms with Gasteiger partial charge in [-0.15, -0.1) is 11.3 Å². The maximum Gasteiger partial charge on any atom is 0.218 e. The van der Waals surface area contributed by atoms with Gasteiger partial charge in [0.2, 0.25) is 10.0 Å². The fraction of sp³-hybridized carbons (Fsp3) is 0.500. The Hall–Kier alpha value is -1.35. The van der Waals surface area contributed by atoms with Crippen LogP contribution >= 0.6 is 11.3 Å². The maximum atomic E-state index is 12.8. The lowest BCUT2D eigenvalue weighted by molar-refractivity contribution is 0.294. The highest BCUT2D eigenvalue weighted by Gasteiger charge is 2.50. The number of hydrogen-bond acceptors (Lipinski definition) is 6. The summed E-state index contributed by atoms with van der Waals surface area (Å²) in [5, 5.41) is 2.65. The highest BCUT2D eigenvalue weighted by atomic mass is 32.2. The van der Waals surface area contributed by atoms with E-state index in [4.69, 9.17) is 0 Å². The van der Waals surface area contributed by atoms with Crippen molar-refractivity contribution in [1.29, 1.82) is 0 Å². The minimum absolute atomic E-state index is 0.191. The average molecular weight is 364 g/mol. The number of thiazole rings is 1. The first-order valence-corrected chi connectivity index (χ1v) is 10.4. The summed E-state index contributed by atoms with van der Waals surface area (Å²) in [5.74, 6) is 0.191. The molecule has 0 spiro atoms. The van der Waals surface area contributed by atoms with E-state index in [-0.39, 0.29) is 11.2 Å². The maximum absolute atomic E-state index is 12.8. The molecule has 4 rings (SSSR count). The van der Waals surface area contributed by atoms with Crippen molar-refractivity contribution in [3.05, 3.63) is 46.2 Å². The third-order valence-electron chi connectivity index (χ3n) is 4.80. The Kier molecular flexibility index (Phi) is 4.16. The quantitative estimate of drug-likeness (QED) is 0.822. The first kappa shape index (κ1) is 16.1. The Bertz CT molecular complexity index is 822. The summed E-state index contributed by atoms with van der Waals surface area (Å²) in [6.07, 6.45) is 3.56. The molecule has 0 amide bonds. The lowest BCUT2D eigenvalue weighted by Crippen LogP contribution is -2.34. The smallest absolute Gasteiger partial charge is 0.218 e. The van der Waals surface area contributed by atoms with Crippen LogP contribution in [0.1, 0.15) is 16.3 Å². The van der Waals surface area contributed by atoms with Crippen molar-refractivity contribution in [2.75, 3.05) is 19.6 Å². The van der Waals surface area contributed by atoms with Crippen molar-refractivity contribution in [2.45, 2.75) is 25.3 Å². The van der Waals surface area contributed by atoms with Gasteiger partial charge in [-0.1, -0.05) is 0 Å². The molecule has 4 heterocycles. The van der Waals surface area contributed by atoms with E-state index in [2.05, 4.69) is 14.9 Å². The minimum atomic E-state index is -3.23. The summed E-state index contributed by atoms with van der Waals surface area (Å²) in [5.41, 5.74) is 2.03. The van der Waals surface area contributed by atoms with Gasteiger partial charge < -0.3 is 0 Å². The fourth-order valence-electron chi connectivity index (χ4n) is 3.69. The second-order valence-electron chi connectivity index (χ2n) is 6.54. The number of sulfonamides is 1. The Morgan fingerprint density at radius 1 is 1.21 bits per heavy atom. The predicted octanol–water partition coefficient (Wildman–Crippen LogP) is 1.49. The van der Waals surface area contributed by atoms with E-state index in [1.165, 1.54) is 5.56 Å². The molecule has 24 heavy (non-hydrogen) atoms. The van der Waals surface area contributed by atoms with Crippen LogP contribution in [0, 0.1) is 12.8 Å². The van der Waals surface area contributed by atoms with E-state index in [0.717, 1.165) is 23.8 Å². The summed E-state index contributed by atoms with van der Waals surface area (Å²) in [7, 11) is -3.23. The highest BCUT2D eigenvalue weighted by Crippen LogP contribution is 2.35. The molecule has 8 heteroatoms. The third kappa shape index (κ3) is 2.99. The largest absolute Gasteiger partial charge is 0.297 e. The van der Waals surface area contributed by atoms with Gasteiger partial charge in [-0.25, -0.2) is 13.4 Å².